The molecule has 0 aromatic heterocycles. The van der Waals surface area contributed by atoms with Crippen LogP contribution >= 0.6 is 0 Å². The number of hydrogen-bond donors (Lipinski definition) is 3. The number of hydrogen-bond acceptors (Lipinski definition) is 7. The third-order valence-electron chi connectivity index (χ3n) is 8.38. The van der Waals surface area contributed by atoms with Crippen LogP contribution in [0.2, 0.25) is 0 Å². The Morgan fingerprint density at radius 3 is 2.53 bits per heavy atom. The smallest absolute Gasteiger partial charge is 0.410 e. The molecule has 3 N–H and O–H groups in total. The fourth-order valence-corrected chi connectivity index (χ4v) is 5.91. The molecule has 248 valence electrons. The van der Waals surface area contributed by atoms with Gasteiger partial charge in [-0.2, -0.15) is 0 Å². The van der Waals surface area contributed by atoms with Crippen molar-refractivity contribution in [1.82, 2.24) is 30.7 Å². The quantitative estimate of drug-likeness (QED) is 0.417. The van der Waals surface area contributed by atoms with Crippen LogP contribution in [0.5, 0.6) is 5.75 Å². The lowest BCUT2D eigenvalue weighted by Gasteiger charge is -2.39. The summed E-state index contributed by atoms with van der Waals surface area (Å²) in [7, 11) is 1.42. The molecule has 0 radical (unpaired) electrons. The Morgan fingerprint density at radius 2 is 1.82 bits per heavy atom. The van der Waals surface area contributed by atoms with Gasteiger partial charge in [-0.25, -0.2) is 14.0 Å². The lowest BCUT2D eigenvalue weighted by atomic mass is 10.00. The van der Waals surface area contributed by atoms with Crippen molar-refractivity contribution in [3.8, 4) is 5.75 Å². The summed E-state index contributed by atoms with van der Waals surface area (Å²) in [5.74, 6) is -0.732. The number of alkyl halides is 1. The minimum Gasteiger partial charge on any atom is -0.493 e. The predicted molar refractivity (Wildman–Crippen MR) is 162 cm³/mol. The van der Waals surface area contributed by atoms with Crippen molar-refractivity contribution in [1.29, 1.82) is 0 Å². The number of para-hydroxylation sites is 1. The van der Waals surface area contributed by atoms with Crippen molar-refractivity contribution in [3.63, 3.8) is 0 Å². The molecule has 4 rings (SSSR count). The van der Waals surface area contributed by atoms with Crippen LogP contribution < -0.4 is 20.7 Å². The number of benzene rings is 1. The number of ether oxygens (including phenoxy) is 2. The number of urea groups is 1. The summed E-state index contributed by atoms with van der Waals surface area (Å²) >= 11 is 0. The van der Waals surface area contributed by atoms with E-state index in [1.807, 2.05) is 24.3 Å². The van der Waals surface area contributed by atoms with E-state index in [0.29, 0.717) is 38.0 Å². The van der Waals surface area contributed by atoms with Crippen molar-refractivity contribution >= 4 is 29.8 Å². The molecule has 0 bridgehead atoms. The number of nitrogens with one attached hydrogen (secondary N) is 3. The van der Waals surface area contributed by atoms with E-state index >= 15 is 0 Å². The summed E-state index contributed by atoms with van der Waals surface area (Å²) < 4.78 is 23.9. The van der Waals surface area contributed by atoms with Gasteiger partial charge >= 0.3 is 12.1 Å². The van der Waals surface area contributed by atoms with Gasteiger partial charge in [0.25, 0.3) is 0 Å². The first-order valence-electron chi connectivity index (χ1n) is 15.5. The fraction of sp³-hybridized carbons (Fsp3) is 0.645. The lowest BCUT2D eigenvalue weighted by molar-refractivity contribution is -0.145. The van der Waals surface area contributed by atoms with Gasteiger partial charge in [0, 0.05) is 38.2 Å². The van der Waals surface area contributed by atoms with Gasteiger partial charge in [0.15, 0.2) is 0 Å². The average molecular weight is 633 g/mol. The molecule has 3 aliphatic heterocycles. The maximum atomic E-state index is 14.2. The highest BCUT2D eigenvalue weighted by molar-refractivity contribution is 5.95. The summed E-state index contributed by atoms with van der Waals surface area (Å²) in [5.41, 5.74) is 0.0891. The Kier molecular flexibility index (Phi) is 10.8. The second kappa shape index (κ2) is 14.3. The van der Waals surface area contributed by atoms with Gasteiger partial charge in [0.1, 0.15) is 36.2 Å². The molecule has 1 aromatic carbocycles. The molecule has 0 unspecified atom stereocenters. The minimum absolute atomic E-state index is 0.189. The van der Waals surface area contributed by atoms with Crippen LogP contribution in [0.25, 0.3) is 0 Å². The van der Waals surface area contributed by atoms with Crippen LogP contribution in [0.4, 0.5) is 14.0 Å². The van der Waals surface area contributed by atoms with Gasteiger partial charge in [-0.1, -0.05) is 18.2 Å². The van der Waals surface area contributed by atoms with Gasteiger partial charge < -0.3 is 35.2 Å². The summed E-state index contributed by atoms with van der Waals surface area (Å²) in [4.78, 5) is 70.9. The van der Waals surface area contributed by atoms with Crippen LogP contribution in [0.15, 0.2) is 24.3 Å². The third kappa shape index (κ3) is 8.14. The molecule has 3 aliphatic rings. The number of carbonyl (C=O) groups excluding carboxylic acids is 5. The number of nitrogens with zero attached hydrogens (tertiary/aromatic N) is 3. The van der Waals surface area contributed by atoms with Crippen molar-refractivity contribution in [2.75, 3.05) is 40.0 Å². The zero-order chi connectivity index (χ0) is 32.9. The molecule has 1 aromatic rings. The Morgan fingerprint density at radius 1 is 1.09 bits per heavy atom. The van der Waals surface area contributed by atoms with Crippen molar-refractivity contribution in [2.24, 2.45) is 0 Å². The molecule has 0 aliphatic carbocycles. The van der Waals surface area contributed by atoms with E-state index in [9.17, 15) is 28.4 Å². The largest absolute Gasteiger partial charge is 0.493 e. The van der Waals surface area contributed by atoms with Gasteiger partial charge in [-0.05, 0) is 53.0 Å². The average Bonchev–Trinajstić information content (AvgIpc) is 3.42. The molecule has 2 fully saturated rings. The Hall–Kier alpha value is -4.10. The monoisotopic (exact) mass is 632 g/mol. The maximum Gasteiger partial charge on any atom is 0.410 e. The molecule has 0 spiro atoms. The van der Waals surface area contributed by atoms with E-state index in [1.165, 1.54) is 18.9 Å². The number of rotatable bonds is 7. The van der Waals surface area contributed by atoms with Crippen molar-refractivity contribution in [2.45, 2.75) is 89.2 Å². The predicted octanol–water partition coefficient (Wildman–Crippen LogP) is 2.11. The Bertz CT molecular complexity index is 1270. The molecular weight excluding hydrogens is 587 g/mol. The van der Waals surface area contributed by atoms with E-state index in [0.717, 1.165) is 10.5 Å². The van der Waals surface area contributed by atoms with Gasteiger partial charge in [0.2, 0.25) is 17.7 Å². The Labute approximate surface area is 263 Å². The highest BCUT2D eigenvalue weighted by atomic mass is 19.1. The summed E-state index contributed by atoms with van der Waals surface area (Å²) in [5, 5.41) is 8.31. The molecule has 6 amide bonds. The highest BCUT2D eigenvalue weighted by Gasteiger charge is 2.46. The van der Waals surface area contributed by atoms with Gasteiger partial charge in [-0.15, -0.1) is 0 Å². The van der Waals surface area contributed by atoms with Crippen LogP contribution in [-0.2, 0) is 19.1 Å². The zero-order valence-corrected chi connectivity index (χ0v) is 26.6. The van der Waals surface area contributed by atoms with Crippen LogP contribution in [0.3, 0.4) is 0 Å². The van der Waals surface area contributed by atoms with E-state index in [2.05, 4.69) is 16.0 Å². The van der Waals surface area contributed by atoms with Gasteiger partial charge in [0.05, 0.1) is 19.2 Å². The number of likely N-dealkylation sites (N-methyl/N-ethyl adjacent to an activating group) is 1. The third-order valence-corrected chi connectivity index (χ3v) is 8.38. The minimum atomic E-state index is -1.22. The van der Waals surface area contributed by atoms with Crippen LogP contribution in [-0.4, -0.2) is 114 Å². The zero-order valence-electron chi connectivity index (χ0n) is 26.6. The molecule has 5 atom stereocenters. The van der Waals surface area contributed by atoms with Crippen molar-refractivity contribution < 1.29 is 37.8 Å². The number of amides is 6. The van der Waals surface area contributed by atoms with E-state index in [1.54, 1.807) is 25.7 Å². The molecule has 14 heteroatoms. The van der Waals surface area contributed by atoms with E-state index < -0.39 is 54.3 Å². The standard InChI is InChI=1S/C31H45FN6O7/c1-19(36(5)30(43)45-31(2,3)4)26(39)35-23-18-37(29(42)33-15-14-32)16-12-20-10-11-24(38(20)28(23)41)27(40)34-22-13-17-44-25-9-7-6-8-21(22)25/h6-9,19-20,22-24H,10-18H2,1-5H3,(H,33,42)(H,34,40)(H,35,39)/t19-,20+,22+,23-,24-/m0/s1. The van der Waals surface area contributed by atoms with Crippen molar-refractivity contribution in [3.05, 3.63) is 29.8 Å². The lowest BCUT2D eigenvalue weighted by Crippen LogP contribution is -2.63. The van der Waals surface area contributed by atoms with Crippen LogP contribution in [0, 0.1) is 0 Å². The summed E-state index contributed by atoms with van der Waals surface area (Å²) in [6, 6.07) is 3.30. The first kappa shape index (κ1) is 33.8. The number of carbonyl (C=O) groups is 5. The van der Waals surface area contributed by atoms with Crippen LogP contribution in [0.1, 0.15) is 65.0 Å². The molecule has 2 saturated heterocycles. The molecule has 3 heterocycles. The number of fused-ring (bicyclic) bond motifs is 2. The fourth-order valence-electron chi connectivity index (χ4n) is 5.91. The van der Waals surface area contributed by atoms with E-state index in [-0.39, 0.29) is 37.6 Å². The second-order valence-corrected chi connectivity index (χ2v) is 12.7. The first-order chi connectivity index (χ1) is 21.3. The first-order valence-corrected chi connectivity index (χ1v) is 15.5. The highest BCUT2D eigenvalue weighted by Crippen LogP contribution is 2.34. The molecular formula is C31H45FN6O7. The van der Waals surface area contributed by atoms with Gasteiger partial charge in [-0.3, -0.25) is 19.3 Å². The second-order valence-electron chi connectivity index (χ2n) is 12.7. The topological polar surface area (TPSA) is 150 Å². The summed E-state index contributed by atoms with van der Waals surface area (Å²) in [6.07, 6.45) is 1.23. The molecule has 45 heavy (non-hydrogen) atoms. The normalized spacial score (nSPS) is 23.7. The van der Waals surface area contributed by atoms with E-state index in [4.69, 9.17) is 9.47 Å². The Balaban J connectivity index is 1.54. The number of halogens is 1. The molecule has 0 saturated carbocycles. The summed E-state index contributed by atoms with van der Waals surface area (Å²) in [6.45, 7) is 6.16. The maximum absolute atomic E-state index is 14.2. The molecule has 13 nitrogen and oxygen atoms in total. The SMILES string of the molecule is C[C@@H](C(=O)N[C@H]1CN(C(=O)NCCF)CC[C@H]2CC[C@@H](C(=O)N[C@@H]3CCOc4ccccc43)N2C1=O)N(C)C(=O)OC(C)(C)C.